The summed E-state index contributed by atoms with van der Waals surface area (Å²) in [5.74, 6) is 0.308. The van der Waals surface area contributed by atoms with Crippen molar-refractivity contribution in [3.05, 3.63) is 81.7 Å². The van der Waals surface area contributed by atoms with Crippen molar-refractivity contribution in [3.8, 4) is 22.6 Å². The number of nitrogens with zero attached hydrogens (tertiary/aromatic N) is 1. The molecule has 1 aliphatic carbocycles. The zero-order chi connectivity index (χ0) is 26.3. The number of fused-ring (bicyclic) bond motifs is 1. The molecule has 37 heavy (non-hydrogen) atoms. The minimum absolute atomic E-state index is 0.00675. The van der Waals surface area contributed by atoms with E-state index in [1.54, 1.807) is 38.4 Å². The lowest BCUT2D eigenvalue weighted by Gasteiger charge is -2.25. The molecule has 4 aromatic rings. The molecule has 2 aromatic heterocycles. The zero-order valence-electron chi connectivity index (χ0n) is 21.1. The first-order valence-electron chi connectivity index (χ1n) is 12.5. The van der Waals surface area contributed by atoms with E-state index in [1.165, 1.54) is 10.6 Å². The monoisotopic (exact) mass is 503 g/mol. The molecule has 5 rings (SSSR count). The van der Waals surface area contributed by atoms with E-state index in [0.717, 1.165) is 29.5 Å². The number of hydrogen-bond acceptors (Lipinski definition) is 4. The number of ether oxygens (including phenoxy) is 1. The van der Waals surface area contributed by atoms with Gasteiger partial charge in [0.15, 0.2) is 0 Å². The van der Waals surface area contributed by atoms with Gasteiger partial charge in [0.2, 0.25) is 0 Å². The summed E-state index contributed by atoms with van der Waals surface area (Å²) in [7, 11) is 1.67. The number of aliphatic hydroxyl groups is 1. The van der Waals surface area contributed by atoms with Crippen LogP contribution in [0.4, 0.5) is 4.39 Å². The molecule has 2 heterocycles. The van der Waals surface area contributed by atoms with Crippen LogP contribution in [0.1, 0.15) is 47.3 Å². The second kappa shape index (κ2) is 9.86. The molecular formula is C29H30FN3O4. The van der Waals surface area contributed by atoms with Gasteiger partial charge in [-0.1, -0.05) is 12.1 Å². The van der Waals surface area contributed by atoms with Crippen molar-refractivity contribution in [2.45, 2.75) is 51.7 Å². The number of hydrogen-bond donors (Lipinski definition) is 3. The first-order chi connectivity index (χ1) is 17.7. The van der Waals surface area contributed by atoms with Crippen molar-refractivity contribution in [3.63, 3.8) is 0 Å². The summed E-state index contributed by atoms with van der Waals surface area (Å²) in [5, 5.41) is 13.4. The quantitative estimate of drug-likeness (QED) is 0.352. The molecule has 0 spiro atoms. The van der Waals surface area contributed by atoms with Crippen LogP contribution in [0.2, 0.25) is 0 Å². The molecule has 0 saturated heterocycles. The standard InChI is InChI=1S/C29H30FN3O4/c1-16-10-18(12-22(11-16)37-21-9-4-17(2)25(30)13-21)24-15-33(3)29(36)27-23(24)14-26(32-27)28(35)31-19-5-7-20(34)8-6-19/h4,9-15,19-20,32,34H,5-8H2,1-3H3,(H,31,35). The summed E-state index contributed by atoms with van der Waals surface area (Å²) < 4.78 is 21.5. The van der Waals surface area contributed by atoms with E-state index in [-0.39, 0.29) is 29.4 Å². The maximum absolute atomic E-state index is 14.0. The van der Waals surface area contributed by atoms with Crippen LogP contribution in [0.5, 0.6) is 11.5 Å². The third-order valence-electron chi connectivity index (χ3n) is 6.98. The number of pyridine rings is 1. The van der Waals surface area contributed by atoms with Gasteiger partial charge in [0.25, 0.3) is 11.5 Å². The molecule has 1 fully saturated rings. The largest absolute Gasteiger partial charge is 0.457 e. The molecule has 0 atom stereocenters. The average molecular weight is 504 g/mol. The number of carbonyl (C=O) groups excluding carboxylic acids is 1. The summed E-state index contributed by atoms with van der Waals surface area (Å²) in [6.07, 6.45) is 4.20. The van der Waals surface area contributed by atoms with Gasteiger partial charge in [-0.3, -0.25) is 9.59 Å². The van der Waals surface area contributed by atoms with Crippen molar-refractivity contribution < 1.29 is 19.0 Å². The van der Waals surface area contributed by atoms with Gasteiger partial charge in [-0.25, -0.2) is 4.39 Å². The van der Waals surface area contributed by atoms with E-state index in [0.29, 0.717) is 46.5 Å². The Kier molecular flexibility index (Phi) is 6.60. The van der Waals surface area contributed by atoms with Gasteiger partial charge in [0, 0.05) is 36.3 Å². The number of nitrogens with one attached hydrogen (secondary N) is 2. The van der Waals surface area contributed by atoms with Crippen LogP contribution < -0.4 is 15.6 Å². The van der Waals surface area contributed by atoms with Gasteiger partial charge in [-0.05, 0) is 80.5 Å². The maximum Gasteiger partial charge on any atom is 0.274 e. The molecule has 7 nitrogen and oxygen atoms in total. The molecule has 1 aliphatic rings. The van der Waals surface area contributed by atoms with E-state index >= 15 is 0 Å². The normalized spacial score (nSPS) is 17.6. The van der Waals surface area contributed by atoms with Crippen molar-refractivity contribution in [2.75, 3.05) is 0 Å². The summed E-state index contributed by atoms with van der Waals surface area (Å²) in [6.45, 7) is 3.63. The number of carbonyl (C=O) groups is 1. The van der Waals surface area contributed by atoms with E-state index in [9.17, 15) is 19.1 Å². The van der Waals surface area contributed by atoms with Gasteiger partial charge >= 0.3 is 0 Å². The third kappa shape index (κ3) is 5.15. The number of benzene rings is 2. The van der Waals surface area contributed by atoms with Gasteiger partial charge in [-0.2, -0.15) is 0 Å². The fourth-order valence-corrected chi connectivity index (χ4v) is 4.91. The van der Waals surface area contributed by atoms with Crippen molar-refractivity contribution >= 4 is 16.8 Å². The second-order valence-corrected chi connectivity index (χ2v) is 9.96. The Morgan fingerprint density at radius 3 is 2.57 bits per heavy atom. The minimum atomic E-state index is -0.340. The summed E-state index contributed by atoms with van der Waals surface area (Å²) >= 11 is 0. The minimum Gasteiger partial charge on any atom is -0.457 e. The van der Waals surface area contributed by atoms with Gasteiger partial charge in [-0.15, -0.1) is 0 Å². The summed E-state index contributed by atoms with van der Waals surface area (Å²) in [5.41, 5.74) is 3.44. The molecule has 0 aliphatic heterocycles. The predicted molar refractivity (Wildman–Crippen MR) is 141 cm³/mol. The lowest BCUT2D eigenvalue weighted by atomic mass is 9.93. The second-order valence-electron chi connectivity index (χ2n) is 9.96. The Hall–Kier alpha value is -3.91. The maximum atomic E-state index is 14.0. The first kappa shape index (κ1) is 24.8. The molecular weight excluding hydrogens is 473 g/mol. The number of rotatable bonds is 5. The summed E-state index contributed by atoms with van der Waals surface area (Å²) in [4.78, 5) is 29.0. The SMILES string of the molecule is Cc1cc(Oc2ccc(C)c(F)c2)cc(-c2cn(C)c(=O)c3[nH]c(C(=O)NC4CCC(O)CC4)cc23)c1. The van der Waals surface area contributed by atoms with E-state index in [2.05, 4.69) is 10.3 Å². The number of aromatic nitrogens is 2. The van der Waals surface area contributed by atoms with Gasteiger partial charge in [0.1, 0.15) is 28.5 Å². The lowest BCUT2D eigenvalue weighted by Crippen LogP contribution is -2.38. The van der Waals surface area contributed by atoms with Crippen LogP contribution in [-0.4, -0.2) is 32.7 Å². The Morgan fingerprint density at radius 2 is 1.84 bits per heavy atom. The fourth-order valence-electron chi connectivity index (χ4n) is 4.91. The number of halogens is 1. The Labute approximate surface area is 213 Å². The Bertz CT molecular complexity index is 1550. The Balaban J connectivity index is 1.50. The van der Waals surface area contributed by atoms with E-state index < -0.39 is 0 Å². The third-order valence-corrected chi connectivity index (χ3v) is 6.98. The van der Waals surface area contributed by atoms with E-state index in [1.807, 2.05) is 25.1 Å². The van der Waals surface area contributed by atoms with Crippen LogP contribution in [0, 0.1) is 19.7 Å². The molecule has 192 valence electrons. The molecule has 0 unspecified atom stereocenters. The van der Waals surface area contributed by atoms with Crippen LogP contribution in [0.15, 0.2) is 53.5 Å². The zero-order valence-corrected chi connectivity index (χ0v) is 21.1. The number of aliphatic hydroxyl groups excluding tert-OH is 1. The van der Waals surface area contributed by atoms with Gasteiger partial charge in [0.05, 0.1) is 6.10 Å². The topological polar surface area (TPSA) is 96.4 Å². The molecule has 1 amide bonds. The first-order valence-corrected chi connectivity index (χ1v) is 12.5. The highest BCUT2D eigenvalue weighted by Crippen LogP contribution is 2.33. The van der Waals surface area contributed by atoms with Crippen LogP contribution >= 0.6 is 0 Å². The van der Waals surface area contributed by atoms with Crippen molar-refractivity contribution in [1.29, 1.82) is 0 Å². The molecule has 3 N–H and O–H groups in total. The number of aryl methyl sites for hydroxylation is 3. The molecule has 1 saturated carbocycles. The van der Waals surface area contributed by atoms with Crippen LogP contribution in [-0.2, 0) is 7.05 Å². The highest BCUT2D eigenvalue weighted by molar-refractivity contribution is 6.02. The van der Waals surface area contributed by atoms with Crippen LogP contribution in [0.25, 0.3) is 22.0 Å². The van der Waals surface area contributed by atoms with Crippen LogP contribution in [0.3, 0.4) is 0 Å². The van der Waals surface area contributed by atoms with Gasteiger partial charge < -0.3 is 24.7 Å². The average Bonchev–Trinajstić information content (AvgIpc) is 3.31. The molecule has 0 radical (unpaired) electrons. The number of amides is 1. The smallest absolute Gasteiger partial charge is 0.274 e. The fraction of sp³-hybridized carbons (Fsp3) is 0.310. The molecule has 0 bridgehead atoms. The Morgan fingerprint density at radius 1 is 1.08 bits per heavy atom. The predicted octanol–water partition coefficient (Wildman–Crippen LogP) is 5.12. The molecule has 8 heteroatoms. The van der Waals surface area contributed by atoms with Crippen molar-refractivity contribution in [2.24, 2.45) is 7.05 Å². The van der Waals surface area contributed by atoms with E-state index in [4.69, 9.17) is 4.74 Å². The molecule has 2 aromatic carbocycles. The number of H-pyrrole nitrogens is 1. The highest BCUT2D eigenvalue weighted by atomic mass is 19.1. The summed E-state index contributed by atoms with van der Waals surface area (Å²) in [6, 6.07) is 12.1. The number of aromatic amines is 1. The van der Waals surface area contributed by atoms with Crippen molar-refractivity contribution in [1.82, 2.24) is 14.9 Å². The lowest BCUT2D eigenvalue weighted by molar-refractivity contribution is 0.0864. The highest BCUT2D eigenvalue weighted by Gasteiger charge is 2.23.